The zero-order valence-electron chi connectivity index (χ0n) is 10.4. The van der Waals surface area contributed by atoms with E-state index in [0.29, 0.717) is 0 Å². The summed E-state index contributed by atoms with van der Waals surface area (Å²) < 4.78 is 30.1. The molecule has 0 saturated heterocycles. The summed E-state index contributed by atoms with van der Waals surface area (Å²) in [6, 6.07) is 7.42. The van der Waals surface area contributed by atoms with Crippen LogP contribution < -0.4 is 0 Å². The molecule has 0 amide bonds. The minimum Gasteiger partial charge on any atom is -0.391 e. The maximum Gasteiger partial charge on any atom is 0.294 e. The van der Waals surface area contributed by atoms with E-state index in [9.17, 15) is 8.42 Å². The first kappa shape index (κ1) is 16.1. The molecule has 0 radical (unpaired) electrons. The Labute approximate surface area is 103 Å². The van der Waals surface area contributed by atoms with Gasteiger partial charge in [0.05, 0.1) is 32.6 Å². The summed E-state index contributed by atoms with van der Waals surface area (Å²) in [5.74, 6) is 0. The predicted molar refractivity (Wildman–Crippen MR) is 66.2 cm³/mol. The normalized spacial score (nSPS) is 11.6. The molecule has 0 unspecified atom stereocenters. The number of aliphatic hydroxyl groups excluding tert-OH is 1. The number of nitrogens with zero attached hydrogens (tertiary/aromatic N) is 1. The van der Waals surface area contributed by atoms with E-state index in [1.54, 1.807) is 18.2 Å². The Morgan fingerprint density at radius 2 is 1.59 bits per heavy atom. The standard InChI is InChI=1S/C6H6O3S.C5H14NO/c7-10(8,9)6-4-2-1-3-5-6;1-6(2,3)4-5-7/h1-5H,(H,7,8,9);7H,4-5H2,1-3H3/q;+1. The average molecular weight is 262 g/mol. The highest BCUT2D eigenvalue weighted by Crippen LogP contribution is 2.05. The van der Waals surface area contributed by atoms with Crippen LogP contribution in [-0.4, -0.2) is 56.9 Å². The first-order valence-corrected chi connectivity index (χ1v) is 6.54. The lowest BCUT2D eigenvalue weighted by Crippen LogP contribution is -2.36. The number of aliphatic hydroxyl groups is 1. The summed E-state index contributed by atoms with van der Waals surface area (Å²) in [6.07, 6.45) is 0. The van der Waals surface area contributed by atoms with Gasteiger partial charge in [0.1, 0.15) is 6.54 Å². The summed E-state index contributed by atoms with van der Waals surface area (Å²) in [6.45, 7) is 1.11. The van der Waals surface area contributed by atoms with Crippen LogP contribution in [0, 0.1) is 0 Å². The lowest BCUT2D eigenvalue weighted by Gasteiger charge is -2.21. The number of benzene rings is 1. The van der Waals surface area contributed by atoms with Crippen molar-refractivity contribution in [3.05, 3.63) is 30.3 Å². The second-order valence-electron chi connectivity index (χ2n) is 4.53. The molecule has 2 N–H and O–H groups in total. The first-order chi connectivity index (χ1) is 7.67. The number of likely N-dealkylation sites (N-methyl/N-ethyl adjacent to an activating group) is 1. The molecule has 0 aliphatic carbocycles. The molecule has 0 atom stereocenters. The Bertz CT molecular complexity index is 409. The fourth-order valence-corrected chi connectivity index (χ4v) is 1.39. The van der Waals surface area contributed by atoms with Gasteiger partial charge in [-0.15, -0.1) is 0 Å². The van der Waals surface area contributed by atoms with Gasteiger partial charge in [-0.25, -0.2) is 0 Å². The molecule has 0 aliphatic rings. The molecule has 17 heavy (non-hydrogen) atoms. The van der Waals surface area contributed by atoms with Gasteiger partial charge in [0, 0.05) is 0 Å². The van der Waals surface area contributed by atoms with Crippen LogP contribution >= 0.6 is 0 Å². The van der Waals surface area contributed by atoms with Crippen molar-refractivity contribution in [2.45, 2.75) is 4.90 Å². The van der Waals surface area contributed by atoms with Gasteiger partial charge in [-0.3, -0.25) is 4.55 Å². The molecule has 6 heteroatoms. The molecule has 5 nitrogen and oxygen atoms in total. The number of hydrogen-bond donors (Lipinski definition) is 2. The van der Waals surface area contributed by atoms with Crippen LogP contribution in [0.2, 0.25) is 0 Å². The monoisotopic (exact) mass is 262 g/mol. The minimum atomic E-state index is -4.00. The lowest BCUT2D eigenvalue weighted by molar-refractivity contribution is -0.870. The van der Waals surface area contributed by atoms with Crippen molar-refractivity contribution < 1.29 is 22.6 Å². The fraction of sp³-hybridized carbons (Fsp3) is 0.455. The lowest BCUT2D eigenvalue weighted by atomic mass is 10.4. The third-order valence-electron chi connectivity index (χ3n) is 1.81. The number of quaternary nitrogens is 1. The zero-order valence-corrected chi connectivity index (χ0v) is 11.2. The van der Waals surface area contributed by atoms with Crippen LogP contribution in [0.4, 0.5) is 0 Å². The van der Waals surface area contributed by atoms with Gasteiger partial charge in [-0.2, -0.15) is 8.42 Å². The zero-order chi connectivity index (χ0) is 13.5. The van der Waals surface area contributed by atoms with E-state index in [-0.39, 0.29) is 11.5 Å². The highest BCUT2D eigenvalue weighted by Gasteiger charge is 2.05. The summed E-state index contributed by atoms with van der Waals surface area (Å²) in [5, 5.41) is 8.39. The first-order valence-electron chi connectivity index (χ1n) is 5.10. The van der Waals surface area contributed by atoms with E-state index in [1.807, 2.05) is 0 Å². The van der Waals surface area contributed by atoms with Crippen LogP contribution in [-0.2, 0) is 10.1 Å². The number of hydrogen-bond acceptors (Lipinski definition) is 3. The SMILES string of the molecule is C[N+](C)(C)CCO.O=S(=O)(O)c1ccccc1. The molecule has 98 valence electrons. The summed E-state index contributed by atoms with van der Waals surface area (Å²) in [4.78, 5) is -0.0741. The Balaban J connectivity index is 0.000000325. The van der Waals surface area contributed by atoms with E-state index in [1.165, 1.54) is 12.1 Å². The van der Waals surface area contributed by atoms with Crippen LogP contribution in [0.5, 0.6) is 0 Å². The van der Waals surface area contributed by atoms with Gasteiger partial charge in [-0.1, -0.05) is 18.2 Å². The summed E-state index contributed by atoms with van der Waals surface area (Å²) in [7, 11) is 2.15. The van der Waals surface area contributed by atoms with E-state index >= 15 is 0 Å². The highest BCUT2D eigenvalue weighted by molar-refractivity contribution is 7.85. The van der Waals surface area contributed by atoms with Crippen molar-refractivity contribution >= 4 is 10.1 Å². The van der Waals surface area contributed by atoms with Gasteiger partial charge < -0.3 is 9.59 Å². The second-order valence-corrected chi connectivity index (χ2v) is 5.95. The van der Waals surface area contributed by atoms with Crippen LogP contribution in [0.1, 0.15) is 0 Å². The molecule has 1 aromatic rings. The quantitative estimate of drug-likeness (QED) is 0.618. The molecule has 0 bridgehead atoms. The highest BCUT2D eigenvalue weighted by atomic mass is 32.2. The fourth-order valence-electron chi connectivity index (χ4n) is 0.892. The van der Waals surface area contributed by atoms with E-state index in [4.69, 9.17) is 9.66 Å². The third-order valence-corrected chi connectivity index (χ3v) is 2.68. The van der Waals surface area contributed by atoms with Gasteiger partial charge in [0.2, 0.25) is 0 Å². The van der Waals surface area contributed by atoms with Crippen molar-refractivity contribution in [3.63, 3.8) is 0 Å². The topological polar surface area (TPSA) is 74.6 Å². The van der Waals surface area contributed by atoms with Crippen LogP contribution in [0.3, 0.4) is 0 Å². The van der Waals surface area contributed by atoms with Crippen molar-refractivity contribution in [2.75, 3.05) is 34.3 Å². The van der Waals surface area contributed by atoms with Gasteiger partial charge >= 0.3 is 0 Å². The molecule has 0 spiro atoms. The smallest absolute Gasteiger partial charge is 0.294 e. The van der Waals surface area contributed by atoms with Crippen LogP contribution in [0.15, 0.2) is 35.2 Å². The summed E-state index contributed by atoms with van der Waals surface area (Å²) in [5.41, 5.74) is 0. The van der Waals surface area contributed by atoms with Crippen molar-refractivity contribution in [2.24, 2.45) is 0 Å². The minimum absolute atomic E-state index is 0.0741. The van der Waals surface area contributed by atoms with Crippen molar-refractivity contribution in [3.8, 4) is 0 Å². The van der Waals surface area contributed by atoms with E-state index in [2.05, 4.69) is 21.1 Å². The Hall–Kier alpha value is -0.950. The Morgan fingerprint density at radius 3 is 1.76 bits per heavy atom. The van der Waals surface area contributed by atoms with E-state index in [0.717, 1.165) is 11.0 Å². The molecular formula is C11H20NO4S+. The maximum absolute atomic E-state index is 10.4. The number of rotatable bonds is 3. The van der Waals surface area contributed by atoms with Crippen molar-refractivity contribution in [1.82, 2.24) is 0 Å². The third kappa shape index (κ3) is 8.82. The van der Waals surface area contributed by atoms with E-state index < -0.39 is 10.1 Å². The predicted octanol–water partition coefficient (Wildman–Crippen LogP) is 0.618. The van der Waals surface area contributed by atoms with Gasteiger partial charge in [0.15, 0.2) is 0 Å². The molecule has 0 fully saturated rings. The molecule has 0 heterocycles. The molecule has 0 aliphatic heterocycles. The molecular weight excluding hydrogens is 242 g/mol. The van der Waals surface area contributed by atoms with Crippen molar-refractivity contribution in [1.29, 1.82) is 0 Å². The molecule has 1 rings (SSSR count). The van der Waals surface area contributed by atoms with Crippen LogP contribution in [0.25, 0.3) is 0 Å². The largest absolute Gasteiger partial charge is 0.391 e. The average Bonchev–Trinajstić information content (AvgIpc) is 2.17. The molecule has 0 saturated carbocycles. The summed E-state index contributed by atoms with van der Waals surface area (Å²) >= 11 is 0. The maximum atomic E-state index is 10.4. The Kier molecular flexibility index (Phi) is 6.33. The second kappa shape index (κ2) is 6.70. The van der Waals surface area contributed by atoms with Gasteiger partial charge in [0.25, 0.3) is 10.1 Å². The van der Waals surface area contributed by atoms with Gasteiger partial charge in [-0.05, 0) is 12.1 Å². The molecule has 1 aromatic carbocycles. The molecule has 0 aromatic heterocycles. The Morgan fingerprint density at radius 1 is 1.12 bits per heavy atom.